The SMILES string of the molecule is COc1cc(C2C(N)CC(=O)N2C)ccc1OCC(C)C. The summed E-state index contributed by atoms with van der Waals surface area (Å²) >= 11 is 0. The second-order valence-corrected chi connectivity index (χ2v) is 5.93. The van der Waals surface area contributed by atoms with E-state index in [1.165, 1.54) is 0 Å². The molecule has 21 heavy (non-hydrogen) atoms. The van der Waals surface area contributed by atoms with Gasteiger partial charge < -0.3 is 20.1 Å². The lowest BCUT2D eigenvalue weighted by atomic mass is 10.0. The molecule has 1 aliphatic rings. The Morgan fingerprint density at radius 1 is 1.38 bits per heavy atom. The molecule has 1 heterocycles. The fourth-order valence-corrected chi connectivity index (χ4v) is 2.61. The van der Waals surface area contributed by atoms with Crippen molar-refractivity contribution in [1.29, 1.82) is 0 Å². The number of nitrogens with two attached hydrogens (primary N) is 1. The summed E-state index contributed by atoms with van der Waals surface area (Å²) in [5, 5.41) is 0. The van der Waals surface area contributed by atoms with Gasteiger partial charge in [-0.2, -0.15) is 0 Å². The lowest BCUT2D eigenvalue weighted by molar-refractivity contribution is -0.127. The number of methoxy groups -OCH3 is 1. The first-order valence-electron chi connectivity index (χ1n) is 7.26. The van der Waals surface area contributed by atoms with E-state index in [1.54, 1.807) is 19.1 Å². The topological polar surface area (TPSA) is 64.8 Å². The molecule has 5 nitrogen and oxygen atoms in total. The number of amides is 1. The molecule has 0 spiro atoms. The van der Waals surface area contributed by atoms with Gasteiger partial charge in [0.2, 0.25) is 5.91 Å². The van der Waals surface area contributed by atoms with E-state index in [1.807, 2.05) is 18.2 Å². The summed E-state index contributed by atoms with van der Waals surface area (Å²) in [5.41, 5.74) is 7.06. The smallest absolute Gasteiger partial charge is 0.224 e. The number of carbonyl (C=O) groups is 1. The summed E-state index contributed by atoms with van der Waals surface area (Å²) in [5.74, 6) is 1.91. The first-order valence-corrected chi connectivity index (χ1v) is 7.26. The largest absolute Gasteiger partial charge is 0.493 e. The molecule has 1 aliphatic heterocycles. The highest BCUT2D eigenvalue weighted by Crippen LogP contribution is 2.36. The lowest BCUT2D eigenvalue weighted by Gasteiger charge is -2.24. The van der Waals surface area contributed by atoms with Crippen LogP contribution in [0.25, 0.3) is 0 Å². The number of carbonyl (C=O) groups excluding carboxylic acids is 1. The zero-order chi connectivity index (χ0) is 15.6. The Labute approximate surface area is 126 Å². The van der Waals surface area contributed by atoms with Crippen LogP contribution < -0.4 is 15.2 Å². The van der Waals surface area contributed by atoms with Crippen molar-refractivity contribution in [3.05, 3.63) is 23.8 Å². The molecule has 1 fully saturated rings. The van der Waals surface area contributed by atoms with Gasteiger partial charge in [-0.3, -0.25) is 4.79 Å². The van der Waals surface area contributed by atoms with Crippen molar-refractivity contribution < 1.29 is 14.3 Å². The van der Waals surface area contributed by atoms with Crippen molar-refractivity contribution in [1.82, 2.24) is 4.90 Å². The third kappa shape index (κ3) is 3.29. The highest BCUT2D eigenvalue weighted by Gasteiger charge is 2.36. The zero-order valence-corrected chi connectivity index (χ0v) is 13.1. The highest BCUT2D eigenvalue weighted by molar-refractivity contribution is 5.80. The van der Waals surface area contributed by atoms with E-state index in [0.29, 0.717) is 24.7 Å². The van der Waals surface area contributed by atoms with Gasteiger partial charge >= 0.3 is 0 Å². The summed E-state index contributed by atoms with van der Waals surface area (Å²) in [7, 11) is 3.40. The minimum absolute atomic E-state index is 0.0756. The van der Waals surface area contributed by atoms with Crippen LogP contribution in [0.15, 0.2) is 18.2 Å². The molecule has 2 unspecified atom stereocenters. The molecule has 2 N–H and O–H groups in total. The Morgan fingerprint density at radius 2 is 2.10 bits per heavy atom. The van der Waals surface area contributed by atoms with Crippen LogP contribution in [0.1, 0.15) is 31.9 Å². The number of likely N-dealkylation sites (tertiary alicyclic amines) is 1. The third-order valence-electron chi connectivity index (χ3n) is 3.73. The quantitative estimate of drug-likeness (QED) is 0.901. The van der Waals surface area contributed by atoms with Crippen LogP contribution in [0.4, 0.5) is 0 Å². The number of benzene rings is 1. The number of likely N-dealkylation sites (N-methyl/N-ethyl adjacent to an activating group) is 1. The molecule has 2 rings (SSSR count). The van der Waals surface area contributed by atoms with Gasteiger partial charge in [0.1, 0.15) is 0 Å². The van der Waals surface area contributed by atoms with Crippen LogP contribution in [-0.4, -0.2) is 37.6 Å². The molecule has 0 aliphatic carbocycles. The Morgan fingerprint density at radius 3 is 2.62 bits per heavy atom. The molecule has 0 saturated carbocycles. The van der Waals surface area contributed by atoms with Gasteiger partial charge in [-0.25, -0.2) is 0 Å². The van der Waals surface area contributed by atoms with Gasteiger partial charge in [0.25, 0.3) is 0 Å². The molecule has 1 aromatic rings. The Hall–Kier alpha value is -1.75. The second-order valence-electron chi connectivity index (χ2n) is 5.93. The molecular weight excluding hydrogens is 268 g/mol. The maximum atomic E-state index is 11.8. The standard InChI is InChI=1S/C16H24N2O3/c1-10(2)9-21-13-6-5-11(7-14(13)20-4)16-12(17)8-15(19)18(16)3/h5-7,10,12,16H,8-9,17H2,1-4H3. The molecule has 1 aromatic carbocycles. The highest BCUT2D eigenvalue weighted by atomic mass is 16.5. The summed E-state index contributed by atoms with van der Waals surface area (Å²) in [6.07, 6.45) is 0.384. The van der Waals surface area contributed by atoms with E-state index in [9.17, 15) is 4.79 Å². The predicted octanol–water partition coefficient (Wildman–Crippen LogP) is 1.96. The minimum atomic E-state index is -0.186. The fraction of sp³-hybridized carbons (Fsp3) is 0.562. The molecule has 116 valence electrons. The van der Waals surface area contributed by atoms with E-state index >= 15 is 0 Å². The van der Waals surface area contributed by atoms with Crippen molar-refractivity contribution in [2.45, 2.75) is 32.4 Å². The number of hydrogen-bond donors (Lipinski definition) is 1. The average Bonchev–Trinajstić information content (AvgIpc) is 2.69. The molecule has 0 bridgehead atoms. The monoisotopic (exact) mass is 292 g/mol. The van der Waals surface area contributed by atoms with Gasteiger partial charge in [0.05, 0.1) is 19.8 Å². The lowest BCUT2D eigenvalue weighted by Crippen LogP contribution is -2.30. The van der Waals surface area contributed by atoms with Crippen molar-refractivity contribution in [3.63, 3.8) is 0 Å². The normalized spacial score (nSPS) is 22.0. The van der Waals surface area contributed by atoms with Crippen LogP contribution in [0.3, 0.4) is 0 Å². The van der Waals surface area contributed by atoms with Gasteiger partial charge in [-0.1, -0.05) is 19.9 Å². The summed E-state index contributed by atoms with van der Waals surface area (Å²) in [4.78, 5) is 13.5. The van der Waals surface area contributed by atoms with Crippen LogP contribution in [0.2, 0.25) is 0 Å². The summed E-state index contributed by atoms with van der Waals surface area (Å²) in [6, 6.07) is 5.47. The van der Waals surface area contributed by atoms with Crippen LogP contribution >= 0.6 is 0 Å². The first kappa shape index (κ1) is 15.6. The maximum Gasteiger partial charge on any atom is 0.224 e. The van der Waals surface area contributed by atoms with Gasteiger partial charge in [0.15, 0.2) is 11.5 Å². The number of rotatable bonds is 5. The molecule has 0 aromatic heterocycles. The minimum Gasteiger partial charge on any atom is -0.493 e. The van der Waals surface area contributed by atoms with E-state index < -0.39 is 0 Å². The van der Waals surface area contributed by atoms with Gasteiger partial charge in [-0.05, 0) is 23.6 Å². The molecule has 1 amide bonds. The van der Waals surface area contributed by atoms with Crippen molar-refractivity contribution in [3.8, 4) is 11.5 Å². The number of hydrogen-bond acceptors (Lipinski definition) is 4. The maximum absolute atomic E-state index is 11.8. The molecule has 5 heteroatoms. The van der Waals surface area contributed by atoms with Crippen molar-refractivity contribution in [2.75, 3.05) is 20.8 Å². The average molecular weight is 292 g/mol. The predicted molar refractivity (Wildman–Crippen MR) is 81.4 cm³/mol. The fourth-order valence-electron chi connectivity index (χ4n) is 2.61. The number of ether oxygens (including phenoxy) is 2. The summed E-state index contributed by atoms with van der Waals surface area (Å²) in [6.45, 7) is 4.83. The Balaban J connectivity index is 2.24. The van der Waals surface area contributed by atoms with Crippen LogP contribution in [0.5, 0.6) is 11.5 Å². The van der Waals surface area contributed by atoms with Crippen LogP contribution in [-0.2, 0) is 4.79 Å². The molecule has 0 radical (unpaired) electrons. The Bertz CT molecular complexity index is 516. The summed E-state index contributed by atoms with van der Waals surface area (Å²) < 4.78 is 11.2. The van der Waals surface area contributed by atoms with E-state index in [4.69, 9.17) is 15.2 Å². The van der Waals surface area contributed by atoms with Gasteiger partial charge in [-0.15, -0.1) is 0 Å². The van der Waals surface area contributed by atoms with Crippen molar-refractivity contribution >= 4 is 5.91 Å². The Kier molecular flexibility index (Phi) is 4.73. The van der Waals surface area contributed by atoms with Crippen LogP contribution in [0, 0.1) is 5.92 Å². The molecular formula is C16H24N2O3. The van der Waals surface area contributed by atoms with E-state index in [0.717, 1.165) is 11.3 Å². The zero-order valence-electron chi connectivity index (χ0n) is 13.1. The molecule has 2 atom stereocenters. The van der Waals surface area contributed by atoms with E-state index in [-0.39, 0.29) is 18.0 Å². The van der Waals surface area contributed by atoms with E-state index in [2.05, 4.69) is 13.8 Å². The third-order valence-corrected chi connectivity index (χ3v) is 3.73. The molecule has 1 saturated heterocycles. The van der Waals surface area contributed by atoms with Crippen molar-refractivity contribution in [2.24, 2.45) is 11.7 Å². The second kappa shape index (κ2) is 6.35. The number of nitrogens with zero attached hydrogens (tertiary/aromatic N) is 1. The van der Waals surface area contributed by atoms with Gasteiger partial charge in [0, 0.05) is 19.5 Å². The first-order chi connectivity index (χ1) is 9.93.